The number of benzene rings is 2. The first-order valence-electron chi connectivity index (χ1n) is 12.7. The van der Waals surface area contributed by atoms with Gasteiger partial charge in [0.05, 0.1) is 29.7 Å². The monoisotopic (exact) mass is 580 g/mol. The van der Waals surface area contributed by atoms with Crippen molar-refractivity contribution in [3.05, 3.63) is 53.1 Å². The molecule has 0 spiro atoms. The topological polar surface area (TPSA) is 117 Å². The number of ether oxygens (including phenoxy) is 2. The zero-order valence-corrected chi connectivity index (χ0v) is 24.7. The van der Waals surface area contributed by atoms with Crippen LogP contribution in [0.5, 0.6) is 5.75 Å². The number of likely N-dealkylation sites (N-methyl/N-ethyl adjacent to an activating group) is 1. The summed E-state index contributed by atoms with van der Waals surface area (Å²) in [6.07, 6.45) is -0.579. The third-order valence-electron chi connectivity index (χ3n) is 6.44. The molecule has 10 nitrogen and oxygen atoms in total. The van der Waals surface area contributed by atoms with Gasteiger partial charge in [-0.05, 0) is 63.2 Å². The molecule has 0 fully saturated rings. The highest BCUT2D eigenvalue weighted by Gasteiger charge is 2.35. The van der Waals surface area contributed by atoms with E-state index in [4.69, 9.17) is 21.1 Å². The average Bonchev–Trinajstić information content (AvgIpc) is 2.86. The Morgan fingerprint density at radius 3 is 2.49 bits per heavy atom. The molecule has 0 saturated carbocycles. The number of hydrogen-bond donors (Lipinski definition) is 2. The van der Waals surface area contributed by atoms with E-state index in [1.807, 2.05) is 27.7 Å². The van der Waals surface area contributed by atoms with Crippen LogP contribution in [0.1, 0.15) is 38.1 Å². The summed E-state index contributed by atoms with van der Waals surface area (Å²) in [5.41, 5.74) is 0.691. The number of rotatable bonds is 9. The summed E-state index contributed by atoms with van der Waals surface area (Å²) in [7, 11) is -0.750. The molecule has 0 aliphatic carbocycles. The molecule has 0 bridgehead atoms. The summed E-state index contributed by atoms with van der Waals surface area (Å²) in [6, 6.07) is 10.1. The fourth-order valence-corrected chi connectivity index (χ4v) is 5.63. The van der Waals surface area contributed by atoms with Crippen LogP contribution in [0.15, 0.2) is 47.4 Å². The number of fused-ring (bicyclic) bond motifs is 1. The Kier molecular flexibility index (Phi) is 10.2. The van der Waals surface area contributed by atoms with E-state index in [2.05, 4.69) is 10.6 Å². The van der Waals surface area contributed by atoms with Gasteiger partial charge in [-0.3, -0.25) is 4.79 Å². The fourth-order valence-electron chi connectivity index (χ4n) is 4.32. The van der Waals surface area contributed by atoms with Gasteiger partial charge in [0.2, 0.25) is 10.0 Å². The standard InChI is InChI=1S/C27H37ClN4O6S/c1-17(2)29-27(34)30-21-9-12-24-23(13-21)26(33)32(19(4)16-37-6)14-18(3)25(38-24)15-31(5)39(35,36)22-10-7-20(28)8-11-22/h7-13,17-19,25H,14-16H2,1-6H3,(H2,29,30,34)/t18-,19-,25+/m1/s1. The first-order chi connectivity index (χ1) is 18.3. The van der Waals surface area contributed by atoms with Crippen LogP contribution in [-0.4, -0.2) is 81.6 Å². The van der Waals surface area contributed by atoms with Crippen molar-refractivity contribution in [2.24, 2.45) is 5.92 Å². The number of urea groups is 1. The Bertz CT molecular complexity index is 1270. The van der Waals surface area contributed by atoms with Gasteiger partial charge in [-0.15, -0.1) is 0 Å². The molecule has 2 aromatic rings. The van der Waals surface area contributed by atoms with Crippen LogP contribution in [0.25, 0.3) is 0 Å². The minimum absolute atomic E-state index is 0.0447. The molecule has 3 rings (SSSR count). The predicted molar refractivity (Wildman–Crippen MR) is 151 cm³/mol. The summed E-state index contributed by atoms with van der Waals surface area (Å²) < 4.78 is 39.4. The first kappa shape index (κ1) is 30.7. The Balaban J connectivity index is 1.95. The Labute approximate surface area is 235 Å². The Hall–Kier alpha value is -2.86. The van der Waals surface area contributed by atoms with Crippen LogP contribution in [-0.2, 0) is 14.8 Å². The molecule has 214 valence electrons. The SMILES string of the molecule is COC[C@@H](C)N1C[C@@H](C)[C@H](CN(C)S(=O)(=O)c2ccc(Cl)cc2)Oc2ccc(NC(=O)NC(C)C)cc2C1=O. The molecule has 1 heterocycles. The summed E-state index contributed by atoms with van der Waals surface area (Å²) in [5, 5.41) is 5.94. The molecule has 2 N–H and O–H groups in total. The molecular formula is C27H37ClN4O6S. The number of carbonyl (C=O) groups is 2. The molecule has 2 aromatic carbocycles. The van der Waals surface area contributed by atoms with E-state index >= 15 is 0 Å². The molecule has 39 heavy (non-hydrogen) atoms. The molecule has 3 atom stereocenters. The van der Waals surface area contributed by atoms with Gasteiger partial charge in [0.1, 0.15) is 11.9 Å². The Morgan fingerprint density at radius 2 is 1.87 bits per heavy atom. The van der Waals surface area contributed by atoms with Gasteiger partial charge < -0.3 is 25.0 Å². The van der Waals surface area contributed by atoms with Crippen molar-refractivity contribution >= 4 is 39.2 Å². The minimum Gasteiger partial charge on any atom is -0.488 e. The maximum Gasteiger partial charge on any atom is 0.319 e. The van der Waals surface area contributed by atoms with E-state index in [1.54, 1.807) is 30.2 Å². The molecule has 1 aliphatic rings. The van der Waals surface area contributed by atoms with Crippen molar-refractivity contribution in [3.8, 4) is 5.75 Å². The van der Waals surface area contributed by atoms with Crippen molar-refractivity contribution in [3.63, 3.8) is 0 Å². The van der Waals surface area contributed by atoms with E-state index < -0.39 is 22.2 Å². The number of halogens is 1. The van der Waals surface area contributed by atoms with E-state index in [0.29, 0.717) is 29.6 Å². The average molecular weight is 581 g/mol. The summed E-state index contributed by atoms with van der Waals surface area (Å²) >= 11 is 5.94. The molecule has 1 aliphatic heterocycles. The fraction of sp³-hybridized carbons (Fsp3) is 0.481. The number of nitrogens with zero attached hydrogens (tertiary/aromatic N) is 2. The van der Waals surface area contributed by atoms with Gasteiger partial charge in [0, 0.05) is 43.4 Å². The lowest BCUT2D eigenvalue weighted by Crippen LogP contribution is -2.50. The largest absolute Gasteiger partial charge is 0.488 e. The lowest BCUT2D eigenvalue weighted by molar-refractivity contribution is 0.0339. The minimum atomic E-state index is -3.82. The van der Waals surface area contributed by atoms with Crippen LogP contribution in [0, 0.1) is 5.92 Å². The van der Waals surface area contributed by atoms with Gasteiger partial charge >= 0.3 is 6.03 Å². The summed E-state index contributed by atoms with van der Waals surface area (Å²) in [4.78, 5) is 27.8. The van der Waals surface area contributed by atoms with Crippen molar-refractivity contribution in [1.29, 1.82) is 0 Å². The van der Waals surface area contributed by atoms with E-state index in [9.17, 15) is 18.0 Å². The second kappa shape index (κ2) is 13.0. The molecule has 0 radical (unpaired) electrons. The van der Waals surface area contributed by atoms with Gasteiger partial charge in [-0.1, -0.05) is 18.5 Å². The van der Waals surface area contributed by atoms with Crippen molar-refractivity contribution in [2.75, 3.05) is 39.2 Å². The van der Waals surface area contributed by atoms with Gasteiger partial charge in [-0.25, -0.2) is 13.2 Å². The van der Waals surface area contributed by atoms with E-state index in [-0.39, 0.29) is 40.9 Å². The van der Waals surface area contributed by atoms with E-state index in [0.717, 1.165) is 0 Å². The maximum atomic E-state index is 13.7. The summed E-state index contributed by atoms with van der Waals surface area (Å²) in [6.45, 7) is 8.18. The number of sulfonamides is 1. The quantitative estimate of drug-likeness (QED) is 0.462. The number of nitrogens with one attached hydrogen (secondary N) is 2. The highest BCUT2D eigenvalue weighted by atomic mass is 35.5. The number of carbonyl (C=O) groups excluding carboxylic acids is 2. The lowest BCUT2D eigenvalue weighted by atomic mass is 9.99. The second-order valence-electron chi connectivity index (χ2n) is 10.1. The third kappa shape index (κ3) is 7.63. The molecule has 0 aromatic heterocycles. The predicted octanol–water partition coefficient (Wildman–Crippen LogP) is 4.06. The molecule has 0 unspecified atom stereocenters. The van der Waals surface area contributed by atoms with Gasteiger partial charge in [-0.2, -0.15) is 4.31 Å². The highest BCUT2D eigenvalue weighted by molar-refractivity contribution is 7.89. The van der Waals surface area contributed by atoms with Crippen molar-refractivity contribution in [2.45, 2.75) is 50.8 Å². The lowest BCUT2D eigenvalue weighted by Gasteiger charge is -2.38. The van der Waals surface area contributed by atoms with Crippen LogP contribution < -0.4 is 15.4 Å². The molecule has 3 amide bonds. The zero-order valence-electron chi connectivity index (χ0n) is 23.1. The third-order valence-corrected chi connectivity index (χ3v) is 8.53. The van der Waals surface area contributed by atoms with Crippen LogP contribution >= 0.6 is 11.6 Å². The van der Waals surface area contributed by atoms with Crippen LogP contribution in [0.2, 0.25) is 5.02 Å². The number of amides is 3. The van der Waals surface area contributed by atoms with E-state index in [1.165, 1.54) is 35.6 Å². The van der Waals surface area contributed by atoms with Crippen LogP contribution in [0.4, 0.5) is 10.5 Å². The first-order valence-corrected chi connectivity index (χ1v) is 14.5. The second-order valence-corrected chi connectivity index (χ2v) is 12.6. The number of methoxy groups -OCH3 is 1. The molecule has 12 heteroatoms. The van der Waals surface area contributed by atoms with Gasteiger partial charge in [0.15, 0.2) is 0 Å². The normalized spacial score (nSPS) is 18.7. The van der Waals surface area contributed by atoms with Gasteiger partial charge in [0.25, 0.3) is 5.91 Å². The smallest absolute Gasteiger partial charge is 0.319 e. The molecular weight excluding hydrogens is 544 g/mol. The van der Waals surface area contributed by atoms with Crippen molar-refractivity contribution in [1.82, 2.24) is 14.5 Å². The molecule has 0 saturated heterocycles. The summed E-state index contributed by atoms with van der Waals surface area (Å²) in [5.74, 6) is -0.188. The number of anilines is 1. The zero-order chi connectivity index (χ0) is 28.9. The van der Waals surface area contributed by atoms with Crippen molar-refractivity contribution < 1.29 is 27.5 Å². The highest BCUT2D eigenvalue weighted by Crippen LogP contribution is 2.31. The Morgan fingerprint density at radius 1 is 1.21 bits per heavy atom. The van der Waals surface area contributed by atoms with Crippen LogP contribution in [0.3, 0.4) is 0 Å². The number of hydrogen-bond acceptors (Lipinski definition) is 6. The maximum absolute atomic E-state index is 13.7.